The van der Waals surface area contributed by atoms with E-state index in [-0.39, 0.29) is 5.56 Å². The van der Waals surface area contributed by atoms with Crippen LogP contribution in [0.25, 0.3) is 10.9 Å². The highest BCUT2D eigenvalue weighted by Crippen LogP contribution is 2.14. The Bertz CT molecular complexity index is 585. The van der Waals surface area contributed by atoms with Crippen molar-refractivity contribution < 1.29 is 5.21 Å². The number of aromatic nitrogens is 1. The van der Waals surface area contributed by atoms with Gasteiger partial charge in [-0.05, 0) is 6.07 Å². The largest absolute Gasteiger partial charge is 0.411 e. The molecule has 4 heteroatoms. The number of pyridine rings is 1. The molecule has 1 N–H and O–H groups in total. The molecule has 0 unspecified atom stereocenters. The van der Waals surface area contributed by atoms with Crippen molar-refractivity contribution in [2.75, 3.05) is 0 Å². The van der Waals surface area contributed by atoms with Crippen molar-refractivity contribution in [3.8, 4) is 0 Å². The third-order valence-electron chi connectivity index (χ3n) is 2.38. The van der Waals surface area contributed by atoms with Gasteiger partial charge < -0.3 is 9.77 Å². The number of oxime groups is 1. The Morgan fingerprint density at radius 1 is 1.40 bits per heavy atom. The standard InChI is InChI=1S/C11H10N2O2/c1-13-10-5-3-2-4-9(10)8(7-12-15)6-11(13)14/h2-7,15H,1H3/b12-7+. The fraction of sp³-hybridized carbons (Fsp3) is 0.0909. The molecule has 0 bridgehead atoms. The normalized spacial score (nSPS) is 11.3. The second-order valence-electron chi connectivity index (χ2n) is 3.26. The lowest BCUT2D eigenvalue weighted by molar-refractivity contribution is 0.322. The van der Waals surface area contributed by atoms with Crippen molar-refractivity contribution in [2.24, 2.45) is 12.2 Å². The topological polar surface area (TPSA) is 54.6 Å². The highest BCUT2D eigenvalue weighted by atomic mass is 16.4. The van der Waals surface area contributed by atoms with Crippen molar-refractivity contribution in [3.05, 3.63) is 46.2 Å². The Morgan fingerprint density at radius 3 is 2.87 bits per heavy atom. The first-order valence-corrected chi connectivity index (χ1v) is 4.50. The Hall–Kier alpha value is -2.10. The van der Waals surface area contributed by atoms with Gasteiger partial charge in [-0.2, -0.15) is 0 Å². The SMILES string of the molecule is Cn1c(=O)cc(/C=N/O)c2ccccc21. The molecular formula is C11H10N2O2. The molecule has 0 aliphatic rings. The summed E-state index contributed by atoms with van der Waals surface area (Å²) in [6.07, 6.45) is 1.27. The molecule has 2 aromatic rings. The van der Waals surface area contributed by atoms with E-state index in [0.29, 0.717) is 5.56 Å². The molecule has 0 radical (unpaired) electrons. The third kappa shape index (κ3) is 1.50. The zero-order chi connectivity index (χ0) is 10.8. The van der Waals surface area contributed by atoms with Crippen molar-refractivity contribution >= 4 is 17.1 Å². The first-order chi connectivity index (χ1) is 7.24. The summed E-state index contributed by atoms with van der Waals surface area (Å²) in [5.74, 6) is 0. The molecule has 0 fully saturated rings. The molecule has 1 aromatic heterocycles. The summed E-state index contributed by atoms with van der Waals surface area (Å²) in [6.45, 7) is 0. The van der Waals surface area contributed by atoms with Crippen LogP contribution in [0.15, 0.2) is 40.3 Å². The maximum absolute atomic E-state index is 11.5. The molecule has 1 heterocycles. The summed E-state index contributed by atoms with van der Waals surface area (Å²) < 4.78 is 1.56. The summed E-state index contributed by atoms with van der Waals surface area (Å²) in [6, 6.07) is 8.92. The van der Waals surface area contributed by atoms with E-state index in [4.69, 9.17) is 5.21 Å². The number of para-hydroxylation sites is 1. The van der Waals surface area contributed by atoms with Crippen LogP contribution in [0.2, 0.25) is 0 Å². The number of benzene rings is 1. The summed E-state index contributed by atoms with van der Waals surface area (Å²) in [7, 11) is 1.71. The molecule has 4 nitrogen and oxygen atoms in total. The smallest absolute Gasteiger partial charge is 0.251 e. The van der Waals surface area contributed by atoms with E-state index in [1.807, 2.05) is 24.3 Å². The Morgan fingerprint density at radius 2 is 2.13 bits per heavy atom. The number of fused-ring (bicyclic) bond motifs is 1. The molecule has 15 heavy (non-hydrogen) atoms. The van der Waals surface area contributed by atoms with Crippen molar-refractivity contribution in [1.82, 2.24) is 4.57 Å². The van der Waals surface area contributed by atoms with Crippen LogP contribution >= 0.6 is 0 Å². The van der Waals surface area contributed by atoms with Crippen LogP contribution in [0.5, 0.6) is 0 Å². The maximum atomic E-state index is 11.5. The zero-order valence-corrected chi connectivity index (χ0v) is 8.21. The van der Waals surface area contributed by atoms with E-state index in [0.717, 1.165) is 10.9 Å². The molecule has 0 atom stereocenters. The summed E-state index contributed by atoms with van der Waals surface area (Å²) in [4.78, 5) is 11.5. The maximum Gasteiger partial charge on any atom is 0.251 e. The molecule has 2 rings (SSSR count). The number of aryl methyl sites for hydroxylation is 1. The summed E-state index contributed by atoms with van der Waals surface area (Å²) in [5, 5.41) is 12.3. The van der Waals surface area contributed by atoms with Crippen LogP contribution in [-0.4, -0.2) is 16.0 Å². The monoisotopic (exact) mass is 202 g/mol. The van der Waals surface area contributed by atoms with Crippen LogP contribution in [-0.2, 0) is 7.05 Å². The minimum absolute atomic E-state index is 0.122. The molecule has 0 aliphatic carbocycles. The lowest BCUT2D eigenvalue weighted by Crippen LogP contribution is -2.17. The van der Waals surface area contributed by atoms with Gasteiger partial charge in [0.15, 0.2) is 0 Å². The van der Waals surface area contributed by atoms with Gasteiger partial charge >= 0.3 is 0 Å². The fourth-order valence-corrected chi connectivity index (χ4v) is 1.61. The molecule has 0 amide bonds. The van der Waals surface area contributed by atoms with E-state index in [9.17, 15) is 4.79 Å². The minimum atomic E-state index is -0.122. The van der Waals surface area contributed by atoms with Crippen molar-refractivity contribution in [1.29, 1.82) is 0 Å². The highest BCUT2D eigenvalue weighted by Gasteiger charge is 2.03. The van der Waals surface area contributed by atoms with Crippen molar-refractivity contribution in [2.45, 2.75) is 0 Å². The Labute approximate surface area is 86.1 Å². The van der Waals surface area contributed by atoms with E-state index < -0.39 is 0 Å². The predicted molar refractivity (Wildman–Crippen MR) is 58.6 cm³/mol. The predicted octanol–water partition coefficient (Wildman–Crippen LogP) is 1.35. The van der Waals surface area contributed by atoms with E-state index in [1.54, 1.807) is 11.6 Å². The van der Waals surface area contributed by atoms with Gasteiger partial charge in [-0.15, -0.1) is 0 Å². The summed E-state index contributed by atoms with van der Waals surface area (Å²) in [5.41, 5.74) is 1.32. The van der Waals surface area contributed by atoms with Gasteiger partial charge in [0.2, 0.25) is 0 Å². The molecule has 0 saturated carbocycles. The van der Waals surface area contributed by atoms with E-state index in [1.165, 1.54) is 12.3 Å². The molecule has 0 spiro atoms. The van der Waals surface area contributed by atoms with E-state index in [2.05, 4.69) is 5.16 Å². The van der Waals surface area contributed by atoms with Gasteiger partial charge in [0, 0.05) is 24.1 Å². The Balaban J connectivity index is 2.94. The van der Waals surface area contributed by atoms with Crippen LogP contribution < -0.4 is 5.56 Å². The molecule has 0 aliphatic heterocycles. The lowest BCUT2D eigenvalue weighted by Gasteiger charge is -2.06. The van der Waals surface area contributed by atoms with Crippen LogP contribution in [0.4, 0.5) is 0 Å². The second-order valence-corrected chi connectivity index (χ2v) is 3.26. The quantitative estimate of drug-likeness (QED) is 0.431. The lowest BCUT2D eigenvalue weighted by atomic mass is 10.1. The van der Waals surface area contributed by atoms with Crippen LogP contribution in [0.3, 0.4) is 0 Å². The van der Waals surface area contributed by atoms with Gasteiger partial charge in [-0.25, -0.2) is 0 Å². The van der Waals surface area contributed by atoms with Crippen LogP contribution in [0, 0.1) is 0 Å². The number of hydrogen-bond donors (Lipinski definition) is 1. The summed E-state index contributed by atoms with van der Waals surface area (Å²) >= 11 is 0. The zero-order valence-electron chi connectivity index (χ0n) is 8.21. The van der Waals surface area contributed by atoms with Gasteiger partial charge in [-0.3, -0.25) is 4.79 Å². The average Bonchev–Trinajstić information content (AvgIpc) is 2.26. The number of hydrogen-bond acceptors (Lipinski definition) is 3. The van der Waals surface area contributed by atoms with Crippen LogP contribution in [0.1, 0.15) is 5.56 Å². The Kier molecular flexibility index (Phi) is 2.25. The minimum Gasteiger partial charge on any atom is -0.411 e. The molecular weight excluding hydrogens is 192 g/mol. The van der Waals surface area contributed by atoms with Gasteiger partial charge in [-0.1, -0.05) is 23.4 Å². The second kappa shape index (κ2) is 3.57. The van der Waals surface area contributed by atoms with Gasteiger partial charge in [0.05, 0.1) is 11.7 Å². The molecule has 0 saturated heterocycles. The average molecular weight is 202 g/mol. The first-order valence-electron chi connectivity index (χ1n) is 4.50. The molecule has 1 aromatic carbocycles. The highest BCUT2D eigenvalue weighted by molar-refractivity contribution is 5.97. The van der Waals surface area contributed by atoms with Crippen molar-refractivity contribution in [3.63, 3.8) is 0 Å². The third-order valence-corrected chi connectivity index (χ3v) is 2.38. The van der Waals surface area contributed by atoms with Gasteiger partial charge in [0.1, 0.15) is 0 Å². The van der Waals surface area contributed by atoms with Gasteiger partial charge in [0.25, 0.3) is 5.56 Å². The fourth-order valence-electron chi connectivity index (χ4n) is 1.61. The number of rotatable bonds is 1. The number of nitrogens with zero attached hydrogens (tertiary/aromatic N) is 2. The first kappa shape index (κ1) is 9.45. The van der Waals surface area contributed by atoms with E-state index >= 15 is 0 Å². The molecule has 76 valence electrons.